The minimum Gasteiger partial charge on any atom is -0.481 e. The lowest BCUT2D eigenvalue weighted by molar-refractivity contribution is -0.187. The van der Waals surface area contributed by atoms with Crippen LogP contribution in [0.25, 0.3) is 0 Å². The molecule has 0 spiro atoms. The molecule has 0 aliphatic carbocycles. The average molecular weight is 354 g/mol. The molecular formula is C15H25F3N2O4. The van der Waals surface area contributed by atoms with Gasteiger partial charge in [0.15, 0.2) is 0 Å². The molecule has 0 saturated carbocycles. The molecule has 1 aliphatic rings. The maximum absolute atomic E-state index is 12.9. The Morgan fingerprint density at radius 2 is 1.92 bits per heavy atom. The van der Waals surface area contributed by atoms with E-state index in [1.54, 1.807) is 7.11 Å². The van der Waals surface area contributed by atoms with Crippen molar-refractivity contribution in [3.63, 3.8) is 0 Å². The number of carboxylic acid groups (broad SMARTS) is 1. The third-order valence-electron chi connectivity index (χ3n) is 4.19. The van der Waals surface area contributed by atoms with Gasteiger partial charge in [0.1, 0.15) is 0 Å². The number of carbonyl (C=O) groups excluding carboxylic acids is 1. The molecule has 1 rings (SSSR count). The first-order valence-corrected chi connectivity index (χ1v) is 7.79. The number of hydrogen-bond acceptors (Lipinski definition) is 3. The van der Waals surface area contributed by atoms with Crippen molar-refractivity contribution in [1.82, 2.24) is 10.2 Å². The quantitative estimate of drug-likeness (QED) is 0.688. The summed E-state index contributed by atoms with van der Waals surface area (Å²) in [5.41, 5.74) is -0.0527. The Hall–Kier alpha value is -1.51. The topological polar surface area (TPSA) is 78.9 Å². The number of hydrogen-bond donors (Lipinski definition) is 2. The number of rotatable bonds is 7. The summed E-state index contributed by atoms with van der Waals surface area (Å²) in [6.45, 7) is 3.87. The summed E-state index contributed by atoms with van der Waals surface area (Å²) >= 11 is 0. The molecule has 0 radical (unpaired) electrons. The zero-order valence-corrected chi connectivity index (χ0v) is 14.2. The van der Waals surface area contributed by atoms with E-state index in [1.165, 1.54) is 0 Å². The number of aliphatic carboxylic acids is 1. The lowest BCUT2D eigenvalue weighted by atomic mass is 9.89. The van der Waals surface area contributed by atoms with Gasteiger partial charge in [-0.2, -0.15) is 13.2 Å². The van der Waals surface area contributed by atoms with Crippen LogP contribution >= 0.6 is 0 Å². The Kier molecular flexibility index (Phi) is 6.88. The van der Waals surface area contributed by atoms with Crippen LogP contribution in [-0.2, 0) is 9.53 Å². The number of ether oxygens (including phenoxy) is 1. The van der Waals surface area contributed by atoms with Crippen LogP contribution in [-0.4, -0.2) is 61.5 Å². The van der Waals surface area contributed by atoms with E-state index < -0.39 is 43.1 Å². The van der Waals surface area contributed by atoms with E-state index >= 15 is 0 Å². The highest BCUT2D eigenvalue weighted by Gasteiger charge is 2.53. The second-order valence-electron chi connectivity index (χ2n) is 6.93. The molecule has 6 nitrogen and oxygen atoms in total. The van der Waals surface area contributed by atoms with Crippen molar-refractivity contribution in [1.29, 1.82) is 0 Å². The van der Waals surface area contributed by atoms with Crippen LogP contribution in [0.3, 0.4) is 0 Å². The van der Waals surface area contributed by atoms with Crippen LogP contribution in [0.15, 0.2) is 0 Å². The molecule has 0 bridgehead atoms. The molecule has 0 unspecified atom stereocenters. The number of urea groups is 1. The normalized spacial score (nSPS) is 21.8. The van der Waals surface area contributed by atoms with Crippen molar-refractivity contribution in [2.24, 2.45) is 17.3 Å². The lowest BCUT2D eigenvalue weighted by Crippen LogP contribution is -2.40. The number of nitrogens with zero attached hydrogens (tertiary/aromatic N) is 1. The summed E-state index contributed by atoms with van der Waals surface area (Å²) in [5.74, 6) is -5.17. The van der Waals surface area contributed by atoms with E-state index in [0.717, 1.165) is 11.3 Å². The minimum atomic E-state index is -4.64. The standard InChI is InChI=1S/C15H25F3N2O4/c1-14(2,9-24-3)5-4-6-19-13(23)20-7-10(12(21)22)11(8-20)15(16,17)18/h10-11H,4-9H2,1-3H3,(H,19,23)(H,21,22)/t10-,11-/m1/s1. The second-order valence-corrected chi connectivity index (χ2v) is 6.93. The third-order valence-corrected chi connectivity index (χ3v) is 4.19. The van der Waals surface area contributed by atoms with Crippen LogP contribution in [0.2, 0.25) is 0 Å². The Morgan fingerprint density at radius 1 is 1.29 bits per heavy atom. The Balaban J connectivity index is 2.47. The molecule has 1 saturated heterocycles. The molecule has 1 aliphatic heterocycles. The van der Waals surface area contributed by atoms with E-state index in [1.807, 2.05) is 13.8 Å². The van der Waals surface area contributed by atoms with Crippen molar-refractivity contribution in [2.45, 2.75) is 32.9 Å². The van der Waals surface area contributed by atoms with Crippen LogP contribution in [0, 0.1) is 17.3 Å². The highest BCUT2D eigenvalue weighted by molar-refractivity contribution is 5.77. The monoisotopic (exact) mass is 354 g/mol. The molecular weight excluding hydrogens is 329 g/mol. The molecule has 2 atom stereocenters. The number of likely N-dealkylation sites (tertiary alicyclic amines) is 1. The Morgan fingerprint density at radius 3 is 2.38 bits per heavy atom. The maximum atomic E-state index is 12.9. The van der Waals surface area contributed by atoms with Crippen molar-refractivity contribution < 1.29 is 32.6 Å². The van der Waals surface area contributed by atoms with E-state index in [2.05, 4.69) is 5.32 Å². The molecule has 9 heteroatoms. The van der Waals surface area contributed by atoms with Crippen molar-refractivity contribution in [2.75, 3.05) is 33.4 Å². The summed E-state index contributed by atoms with van der Waals surface area (Å²) in [6.07, 6.45) is -3.20. The fraction of sp³-hybridized carbons (Fsp3) is 0.867. The largest absolute Gasteiger partial charge is 0.481 e. The number of nitrogens with one attached hydrogen (secondary N) is 1. The summed E-state index contributed by atoms with van der Waals surface area (Å²) < 4.78 is 43.7. The zero-order valence-electron chi connectivity index (χ0n) is 14.2. The smallest absolute Gasteiger partial charge is 0.394 e. The fourth-order valence-electron chi connectivity index (χ4n) is 2.89. The fourth-order valence-corrected chi connectivity index (χ4v) is 2.89. The molecule has 2 N–H and O–H groups in total. The SMILES string of the molecule is COCC(C)(C)CCCNC(=O)N1C[C@@H](C(F)(F)F)[C@H](C(=O)O)C1. The lowest BCUT2D eigenvalue weighted by Gasteiger charge is -2.24. The molecule has 24 heavy (non-hydrogen) atoms. The molecule has 2 amide bonds. The predicted octanol–water partition coefficient (Wildman–Crippen LogP) is 2.34. The highest BCUT2D eigenvalue weighted by Crippen LogP contribution is 2.37. The predicted molar refractivity (Wildman–Crippen MR) is 80.5 cm³/mol. The van der Waals surface area contributed by atoms with Gasteiger partial charge in [0.2, 0.25) is 0 Å². The van der Waals surface area contributed by atoms with E-state index in [4.69, 9.17) is 9.84 Å². The second kappa shape index (κ2) is 8.04. The van der Waals surface area contributed by atoms with E-state index in [-0.39, 0.29) is 5.41 Å². The highest BCUT2D eigenvalue weighted by atomic mass is 19.4. The van der Waals surface area contributed by atoms with Crippen molar-refractivity contribution in [3.8, 4) is 0 Å². The molecule has 140 valence electrons. The maximum Gasteiger partial charge on any atom is 0.394 e. The van der Waals surface area contributed by atoms with Gasteiger partial charge >= 0.3 is 18.2 Å². The zero-order chi connectivity index (χ0) is 18.5. The van der Waals surface area contributed by atoms with Gasteiger partial charge in [-0.3, -0.25) is 4.79 Å². The summed E-state index contributed by atoms with van der Waals surface area (Å²) in [5, 5.41) is 11.5. The molecule has 0 aromatic rings. The van der Waals surface area contributed by atoms with Crippen LogP contribution in [0.4, 0.5) is 18.0 Å². The van der Waals surface area contributed by atoms with Gasteiger partial charge in [-0.05, 0) is 18.3 Å². The minimum absolute atomic E-state index is 0.0527. The number of carboxylic acids is 1. The van der Waals surface area contributed by atoms with E-state index in [9.17, 15) is 22.8 Å². The van der Waals surface area contributed by atoms with Gasteiger partial charge in [0, 0.05) is 26.7 Å². The van der Waals surface area contributed by atoms with Crippen molar-refractivity contribution >= 4 is 12.0 Å². The number of methoxy groups -OCH3 is 1. The van der Waals surface area contributed by atoms with Crippen LogP contribution in [0.5, 0.6) is 0 Å². The van der Waals surface area contributed by atoms with Gasteiger partial charge in [-0.15, -0.1) is 0 Å². The number of carbonyl (C=O) groups is 2. The van der Waals surface area contributed by atoms with E-state index in [0.29, 0.717) is 19.6 Å². The molecule has 0 aromatic heterocycles. The summed E-state index contributed by atoms with van der Waals surface area (Å²) in [4.78, 5) is 23.9. The van der Waals surface area contributed by atoms with Gasteiger partial charge in [0.05, 0.1) is 18.4 Å². The number of alkyl halides is 3. The average Bonchev–Trinajstić information content (AvgIpc) is 2.88. The summed E-state index contributed by atoms with van der Waals surface area (Å²) in [7, 11) is 1.60. The van der Waals surface area contributed by atoms with Gasteiger partial charge in [0.25, 0.3) is 0 Å². The van der Waals surface area contributed by atoms with Gasteiger partial charge < -0.3 is 20.1 Å². The Labute approximate surface area is 139 Å². The van der Waals surface area contributed by atoms with Gasteiger partial charge in [-0.25, -0.2) is 4.79 Å². The molecule has 1 fully saturated rings. The first kappa shape index (κ1) is 20.5. The summed E-state index contributed by atoms with van der Waals surface area (Å²) in [6, 6.07) is -0.655. The first-order chi connectivity index (χ1) is 11.0. The number of halogens is 3. The van der Waals surface area contributed by atoms with Gasteiger partial charge in [-0.1, -0.05) is 13.8 Å². The third kappa shape index (κ3) is 5.85. The molecule has 1 heterocycles. The Bertz CT molecular complexity index is 454. The number of amides is 2. The van der Waals surface area contributed by atoms with Crippen LogP contribution < -0.4 is 5.32 Å². The van der Waals surface area contributed by atoms with Crippen LogP contribution in [0.1, 0.15) is 26.7 Å². The first-order valence-electron chi connectivity index (χ1n) is 7.79. The van der Waals surface area contributed by atoms with Crippen molar-refractivity contribution in [3.05, 3.63) is 0 Å². The molecule has 0 aromatic carbocycles.